The number of carboxylic acid groups (broad SMARTS) is 1. The first kappa shape index (κ1) is 17.6. The fraction of sp³-hybridized carbons (Fsp3) is 0.211. The SMILES string of the molecule is COc1cc(F)ccc1-c1cccc(C(CC(=O)O)c2nnc(C)o2)c1. The van der Waals surface area contributed by atoms with Gasteiger partial charge < -0.3 is 14.3 Å². The number of hydrogen-bond donors (Lipinski definition) is 1. The summed E-state index contributed by atoms with van der Waals surface area (Å²) in [5.41, 5.74) is 2.18. The van der Waals surface area contributed by atoms with Crippen LogP contribution in [0.2, 0.25) is 0 Å². The van der Waals surface area contributed by atoms with Crippen molar-refractivity contribution >= 4 is 5.97 Å². The number of carbonyl (C=O) groups is 1. The molecule has 1 unspecified atom stereocenters. The minimum absolute atomic E-state index is 0.189. The van der Waals surface area contributed by atoms with Crippen molar-refractivity contribution in [1.29, 1.82) is 0 Å². The van der Waals surface area contributed by atoms with Crippen LogP contribution >= 0.6 is 0 Å². The number of aromatic nitrogens is 2. The van der Waals surface area contributed by atoms with Crippen LogP contribution < -0.4 is 4.74 Å². The van der Waals surface area contributed by atoms with Gasteiger partial charge >= 0.3 is 5.97 Å². The van der Waals surface area contributed by atoms with Gasteiger partial charge in [-0.05, 0) is 23.3 Å². The maximum atomic E-state index is 13.5. The largest absolute Gasteiger partial charge is 0.496 e. The van der Waals surface area contributed by atoms with Gasteiger partial charge in [-0.2, -0.15) is 0 Å². The minimum atomic E-state index is -0.976. The highest BCUT2D eigenvalue weighted by molar-refractivity contribution is 5.72. The molecule has 0 aliphatic rings. The van der Waals surface area contributed by atoms with Crippen molar-refractivity contribution in [3.05, 3.63) is 65.6 Å². The number of halogens is 1. The lowest BCUT2D eigenvalue weighted by Gasteiger charge is -2.14. The zero-order valence-electron chi connectivity index (χ0n) is 14.3. The third kappa shape index (κ3) is 3.72. The predicted molar refractivity (Wildman–Crippen MR) is 91.5 cm³/mol. The highest BCUT2D eigenvalue weighted by Crippen LogP contribution is 2.34. The Morgan fingerprint density at radius 2 is 2.08 bits per heavy atom. The molecule has 0 aliphatic carbocycles. The normalized spacial score (nSPS) is 12.0. The Balaban J connectivity index is 2.05. The van der Waals surface area contributed by atoms with Gasteiger partial charge in [-0.15, -0.1) is 10.2 Å². The van der Waals surface area contributed by atoms with Crippen LogP contribution in [0.15, 0.2) is 46.9 Å². The summed E-state index contributed by atoms with van der Waals surface area (Å²) in [6, 6.07) is 11.5. The van der Waals surface area contributed by atoms with Crippen molar-refractivity contribution in [2.45, 2.75) is 19.3 Å². The molecule has 1 atom stereocenters. The molecule has 0 bridgehead atoms. The molecule has 3 rings (SSSR count). The lowest BCUT2D eigenvalue weighted by atomic mass is 9.92. The summed E-state index contributed by atoms with van der Waals surface area (Å²) < 4.78 is 24.2. The molecule has 3 aromatic rings. The van der Waals surface area contributed by atoms with Gasteiger partial charge in [-0.3, -0.25) is 4.79 Å². The summed E-state index contributed by atoms with van der Waals surface area (Å²) in [5, 5.41) is 17.0. The minimum Gasteiger partial charge on any atom is -0.496 e. The van der Waals surface area contributed by atoms with E-state index in [2.05, 4.69) is 10.2 Å². The van der Waals surface area contributed by atoms with Crippen LogP contribution in [-0.2, 0) is 4.79 Å². The summed E-state index contributed by atoms with van der Waals surface area (Å²) in [4.78, 5) is 11.3. The zero-order valence-corrected chi connectivity index (χ0v) is 14.3. The summed E-state index contributed by atoms with van der Waals surface area (Å²) in [5.74, 6) is -0.951. The van der Waals surface area contributed by atoms with Crippen LogP contribution in [-0.4, -0.2) is 28.4 Å². The van der Waals surface area contributed by atoms with E-state index in [9.17, 15) is 14.3 Å². The van der Waals surface area contributed by atoms with Gasteiger partial charge in [-0.1, -0.05) is 24.3 Å². The molecule has 0 saturated carbocycles. The standard InChI is InChI=1S/C19H17FN2O4/c1-11-21-22-19(26-11)16(10-18(23)24)13-5-3-4-12(8-13)15-7-6-14(20)9-17(15)25-2/h3-9,16H,10H2,1-2H3,(H,23,24). The lowest BCUT2D eigenvalue weighted by molar-refractivity contribution is -0.137. The number of rotatable bonds is 6. The van der Waals surface area contributed by atoms with Crippen LogP contribution in [0, 0.1) is 12.7 Å². The Hall–Kier alpha value is -3.22. The monoisotopic (exact) mass is 356 g/mol. The van der Waals surface area contributed by atoms with E-state index in [0.29, 0.717) is 22.8 Å². The van der Waals surface area contributed by atoms with Crippen molar-refractivity contribution in [1.82, 2.24) is 10.2 Å². The summed E-state index contributed by atoms with van der Waals surface area (Å²) in [7, 11) is 1.47. The molecule has 2 aromatic carbocycles. The van der Waals surface area contributed by atoms with E-state index in [1.165, 1.54) is 19.2 Å². The van der Waals surface area contributed by atoms with Crippen LogP contribution in [0.25, 0.3) is 11.1 Å². The number of ether oxygens (including phenoxy) is 1. The molecule has 6 nitrogen and oxygen atoms in total. The van der Waals surface area contributed by atoms with E-state index in [1.807, 2.05) is 12.1 Å². The Labute approximate surface area is 149 Å². The van der Waals surface area contributed by atoms with Crippen LogP contribution in [0.4, 0.5) is 4.39 Å². The number of benzene rings is 2. The number of nitrogens with zero attached hydrogens (tertiary/aromatic N) is 2. The molecule has 0 radical (unpaired) electrons. The van der Waals surface area contributed by atoms with Gasteiger partial charge in [0.1, 0.15) is 11.6 Å². The Morgan fingerprint density at radius 1 is 1.27 bits per heavy atom. The van der Waals surface area contributed by atoms with Gasteiger partial charge in [-0.25, -0.2) is 4.39 Å². The van der Waals surface area contributed by atoms with E-state index < -0.39 is 17.7 Å². The number of aliphatic carboxylic acids is 1. The number of hydrogen-bond acceptors (Lipinski definition) is 5. The van der Waals surface area contributed by atoms with E-state index >= 15 is 0 Å². The number of methoxy groups -OCH3 is 1. The predicted octanol–water partition coefficient (Wildman–Crippen LogP) is 3.80. The highest BCUT2D eigenvalue weighted by atomic mass is 19.1. The summed E-state index contributed by atoms with van der Waals surface area (Å²) >= 11 is 0. The molecular formula is C19H17FN2O4. The van der Waals surface area contributed by atoms with Crippen molar-refractivity contribution in [3.63, 3.8) is 0 Å². The first-order valence-electron chi connectivity index (χ1n) is 7.93. The van der Waals surface area contributed by atoms with Crippen molar-refractivity contribution < 1.29 is 23.4 Å². The van der Waals surface area contributed by atoms with E-state index in [0.717, 1.165) is 5.56 Å². The van der Waals surface area contributed by atoms with Crippen LogP contribution in [0.3, 0.4) is 0 Å². The van der Waals surface area contributed by atoms with Gasteiger partial charge in [0.2, 0.25) is 11.8 Å². The quantitative estimate of drug-likeness (QED) is 0.723. The van der Waals surface area contributed by atoms with Crippen molar-refractivity contribution in [3.8, 4) is 16.9 Å². The summed E-state index contributed by atoms with van der Waals surface area (Å²) in [6.07, 6.45) is -0.189. The van der Waals surface area contributed by atoms with Crippen molar-refractivity contribution in [2.75, 3.05) is 7.11 Å². The fourth-order valence-electron chi connectivity index (χ4n) is 2.80. The van der Waals surface area contributed by atoms with Gasteiger partial charge in [0.15, 0.2) is 0 Å². The number of aryl methyl sites for hydroxylation is 1. The van der Waals surface area contributed by atoms with E-state index in [4.69, 9.17) is 9.15 Å². The molecule has 1 N–H and O–H groups in total. The Morgan fingerprint density at radius 3 is 2.73 bits per heavy atom. The maximum absolute atomic E-state index is 13.5. The molecule has 0 fully saturated rings. The second kappa shape index (κ2) is 7.35. The lowest BCUT2D eigenvalue weighted by Crippen LogP contribution is -2.08. The van der Waals surface area contributed by atoms with E-state index in [1.54, 1.807) is 25.1 Å². The molecule has 0 saturated heterocycles. The first-order chi connectivity index (χ1) is 12.5. The Kier molecular flexibility index (Phi) is 4.97. The van der Waals surface area contributed by atoms with Crippen molar-refractivity contribution in [2.24, 2.45) is 0 Å². The van der Waals surface area contributed by atoms with E-state index in [-0.39, 0.29) is 12.3 Å². The second-order valence-electron chi connectivity index (χ2n) is 5.78. The second-order valence-corrected chi connectivity index (χ2v) is 5.78. The topological polar surface area (TPSA) is 85.5 Å². The average Bonchev–Trinajstić information content (AvgIpc) is 3.05. The average molecular weight is 356 g/mol. The number of carboxylic acids is 1. The van der Waals surface area contributed by atoms with Gasteiger partial charge in [0, 0.05) is 18.6 Å². The fourth-order valence-corrected chi connectivity index (χ4v) is 2.80. The third-order valence-corrected chi connectivity index (χ3v) is 3.98. The van der Waals surface area contributed by atoms with Gasteiger partial charge in [0.25, 0.3) is 0 Å². The molecule has 7 heteroatoms. The first-order valence-corrected chi connectivity index (χ1v) is 7.93. The molecule has 0 aliphatic heterocycles. The van der Waals surface area contributed by atoms with Crippen LogP contribution in [0.5, 0.6) is 5.75 Å². The van der Waals surface area contributed by atoms with Gasteiger partial charge in [0.05, 0.1) is 19.4 Å². The third-order valence-electron chi connectivity index (χ3n) is 3.98. The molecule has 26 heavy (non-hydrogen) atoms. The zero-order chi connectivity index (χ0) is 18.7. The Bertz CT molecular complexity index is 939. The smallest absolute Gasteiger partial charge is 0.304 e. The van der Waals surface area contributed by atoms with Crippen LogP contribution in [0.1, 0.15) is 29.7 Å². The molecular weight excluding hydrogens is 339 g/mol. The molecule has 0 amide bonds. The molecule has 1 heterocycles. The maximum Gasteiger partial charge on any atom is 0.304 e. The molecule has 0 spiro atoms. The summed E-state index contributed by atoms with van der Waals surface area (Å²) in [6.45, 7) is 1.65. The molecule has 134 valence electrons. The highest BCUT2D eigenvalue weighted by Gasteiger charge is 2.24. The molecule has 1 aromatic heterocycles.